The van der Waals surface area contributed by atoms with E-state index in [1.165, 1.54) is 12.1 Å². The van der Waals surface area contributed by atoms with Gasteiger partial charge in [0.1, 0.15) is 6.07 Å². The molecule has 0 fully saturated rings. The number of nitrogens with zero attached hydrogens (tertiary/aromatic N) is 2. The predicted octanol–water partition coefficient (Wildman–Crippen LogP) is 4.69. The molecule has 0 radical (unpaired) electrons. The van der Waals surface area contributed by atoms with Crippen LogP contribution in [0, 0.1) is 11.3 Å². The van der Waals surface area contributed by atoms with E-state index in [2.05, 4.69) is 4.98 Å². The van der Waals surface area contributed by atoms with Crippen molar-refractivity contribution in [2.45, 2.75) is 32.4 Å². The minimum absolute atomic E-state index is 0.0474. The quantitative estimate of drug-likeness (QED) is 0.767. The molecule has 0 atom stereocenters. The number of hydrogen-bond donors (Lipinski definition) is 0. The Labute approximate surface area is 159 Å². The summed E-state index contributed by atoms with van der Waals surface area (Å²) >= 11 is 0. The molecule has 142 valence electrons. The Bertz CT molecular complexity index is 1050. The van der Waals surface area contributed by atoms with Crippen molar-refractivity contribution < 1.29 is 22.8 Å². The third-order valence-electron chi connectivity index (χ3n) is 4.62. The van der Waals surface area contributed by atoms with E-state index >= 15 is 0 Å². The van der Waals surface area contributed by atoms with E-state index in [1.54, 1.807) is 18.2 Å². The molecule has 1 aliphatic carbocycles. The summed E-state index contributed by atoms with van der Waals surface area (Å²) in [5.74, 6) is -0.794. The van der Waals surface area contributed by atoms with Gasteiger partial charge in [0.05, 0.1) is 5.56 Å². The summed E-state index contributed by atoms with van der Waals surface area (Å²) < 4.78 is 40.6. The highest BCUT2D eigenvalue weighted by molar-refractivity contribution is 6.27. The van der Waals surface area contributed by atoms with Crippen LogP contribution in [0.2, 0.25) is 0 Å². The second-order valence-corrected chi connectivity index (χ2v) is 6.39. The Morgan fingerprint density at radius 1 is 1.04 bits per heavy atom. The number of benzene rings is 1. The molecular formula is C21H15F3N2O2. The van der Waals surface area contributed by atoms with Crippen LogP contribution in [0.15, 0.2) is 47.7 Å². The van der Waals surface area contributed by atoms with Crippen LogP contribution in [0.25, 0.3) is 0 Å². The summed E-state index contributed by atoms with van der Waals surface area (Å²) in [5.41, 5.74) is -1.43. The average Bonchev–Trinajstić information content (AvgIpc) is 2.67. The molecular weight excluding hydrogens is 369 g/mol. The van der Waals surface area contributed by atoms with Gasteiger partial charge < -0.3 is 0 Å². The normalized spacial score (nSPS) is 14.1. The van der Waals surface area contributed by atoms with Crippen LogP contribution in [0.3, 0.4) is 0 Å². The maximum absolute atomic E-state index is 13.5. The molecule has 7 heteroatoms. The lowest BCUT2D eigenvalue weighted by Crippen LogP contribution is -2.24. The lowest BCUT2D eigenvalue weighted by molar-refractivity contribution is -0.138. The molecule has 1 heterocycles. The van der Waals surface area contributed by atoms with E-state index < -0.39 is 23.2 Å². The molecule has 0 unspecified atom stereocenters. The molecule has 0 spiro atoms. The van der Waals surface area contributed by atoms with Gasteiger partial charge in [-0.2, -0.15) is 18.4 Å². The van der Waals surface area contributed by atoms with Gasteiger partial charge in [-0.05, 0) is 18.1 Å². The molecule has 0 bridgehead atoms. The Hall–Kier alpha value is -3.27. The number of ketones is 2. The minimum Gasteiger partial charge on any atom is -0.289 e. The average molecular weight is 384 g/mol. The monoisotopic (exact) mass is 384 g/mol. The summed E-state index contributed by atoms with van der Waals surface area (Å²) in [4.78, 5) is 29.3. The van der Waals surface area contributed by atoms with Gasteiger partial charge in [0.15, 0.2) is 17.3 Å². The molecule has 28 heavy (non-hydrogen) atoms. The summed E-state index contributed by atoms with van der Waals surface area (Å²) in [6, 6.07) is 8.88. The molecule has 1 aromatic carbocycles. The zero-order valence-corrected chi connectivity index (χ0v) is 14.9. The van der Waals surface area contributed by atoms with Crippen molar-refractivity contribution in [3.05, 3.63) is 75.6 Å². The van der Waals surface area contributed by atoms with Crippen molar-refractivity contribution in [3.8, 4) is 6.07 Å². The van der Waals surface area contributed by atoms with E-state index in [1.807, 2.05) is 6.92 Å². The number of aromatic nitrogens is 1. The van der Waals surface area contributed by atoms with E-state index in [0.29, 0.717) is 6.42 Å². The number of nitriles is 1. The number of pyridine rings is 1. The highest BCUT2D eigenvalue weighted by atomic mass is 19.4. The number of halogens is 3. The molecule has 3 rings (SSSR count). The summed E-state index contributed by atoms with van der Waals surface area (Å²) in [6.07, 6.45) is -3.25. The van der Waals surface area contributed by atoms with Gasteiger partial charge in [-0.1, -0.05) is 37.6 Å². The van der Waals surface area contributed by atoms with Crippen LogP contribution < -0.4 is 0 Å². The van der Waals surface area contributed by atoms with Gasteiger partial charge >= 0.3 is 6.18 Å². The first-order valence-electron chi connectivity index (χ1n) is 8.65. The van der Waals surface area contributed by atoms with Gasteiger partial charge in [0.25, 0.3) is 0 Å². The van der Waals surface area contributed by atoms with Crippen molar-refractivity contribution >= 4 is 11.6 Å². The molecule has 0 saturated heterocycles. The van der Waals surface area contributed by atoms with Crippen molar-refractivity contribution in [1.29, 1.82) is 5.26 Å². The third kappa shape index (κ3) is 3.33. The second kappa shape index (κ2) is 7.39. The van der Waals surface area contributed by atoms with Crippen LogP contribution in [0.4, 0.5) is 13.2 Å². The van der Waals surface area contributed by atoms with Crippen molar-refractivity contribution in [2.24, 2.45) is 0 Å². The first-order chi connectivity index (χ1) is 13.3. The number of alkyl halides is 3. The van der Waals surface area contributed by atoms with E-state index in [-0.39, 0.29) is 46.5 Å². The second-order valence-electron chi connectivity index (χ2n) is 6.39. The Kier molecular flexibility index (Phi) is 5.14. The molecule has 1 aromatic heterocycles. The van der Waals surface area contributed by atoms with Gasteiger partial charge in [-0.15, -0.1) is 0 Å². The number of hydrogen-bond acceptors (Lipinski definition) is 4. The van der Waals surface area contributed by atoms with Gasteiger partial charge in [0, 0.05) is 34.9 Å². The molecule has 0 saturated carbocycles. The van der Waals surface area contributed by atoms with E-state index in [9.17, 15) is 22.8 Å². The smallest absolute Gasteiger partial charge is 0.289 e. The first kappa shape index (κ1) is 19.5. The summed E-state index contributed by atoms with van der Waals surface area (Å²) in [6.45, 7) is 1.82. The zero-order valence-electron chi connectivity index (χ0n) is 14.9. The lowest BCUT2D eigenvalue weighted by atomic mass is 9.79. The van der Waals surface area contributed by atoms with E-state index in [4.69, 9.17) is 5.26 Å². The maximum atomic E-state index is 13.5. The lowest BCUT2D eigenvalue weighted by Gasteiger charge is -2.22. The Morgan fingerprint density at radius 2 is 1.64 bits per heavy atom. The largest absolute Gasteiger partial charge is 0.419 e. The summed E-state index contributed by atoms with van der Waals surface area (Å²) in [7, 11) is 0. The highest BCUT2D eigenvalue weighted by Crippen LogP contribution is 2.37. The van der Waals surface area contributed by atoms with Gasteiger partial charge in [0.2, 0.25) is 0 Å². The molecule has 1 aliphatic rings. The van der Waals surface area contributed by atoms with Gasteiger partial charge in [-0.3, -0.25) is 9.59 Å². The SMILES string of the molecule is CCCC1=C(Cc2ccnc(C#N)c2C(F)(F)F)C(=O)c2ccccc2C1=O. The number of rotatable bonds is 4. The number of carbonyl (C=O) groups excluding carboxylic acids is 2. The van der Waals surface area contributed by atoms with Crippen molar-refractivity contribution in [2.75, 3.05) is 0 Å². The van der Waals surface area contributed by atoms with Crippen LogP contribution in [0.1, 0.15) is 57.3 Å². The zero-order chi connectivity index (χ0) is 20.5. The van der Waals surface area contributed by atoms with Crippen LogP contribution in [-0.2, 0) is 12.6 Å². The topological polar surface area (TPSA) is 70.8 Å². The van der Waals surface area contributed by atoms with Crippen LogP contribution in [-0.4, -0.2) is 16.6 Å². The first-order valence-corrected chi connectivity index (χ1v) is 8.65. The maximum Gasteiger partial charge on any atom is 0.419 e. The Morgan fingerprint density at radius 3 is 2.18 bits per heavy atom. The van der Waals surface area contributed by atoms with E-state index in [0.717, 1.165) is 12.3 Å². The fraction of sp³-hybridized carbons (Fsp3) is 0.238. The molecule has 0 amide bonds. The third-order valence-corrected chi connectivity index (χ3v) is 4.62. The van der Waals surface area contributed by atoms with Crippen molar-refractivity contribution in [1.82, 2.24) is 4.98 Å². The van der Waals surface area contributed by atoms with Crippen LogP contribution in [0.5, 0.6) is 0 Å². The fourth-order valence-corrected chi connectivity index (χ4v) is 3.42. The number of carbonyl (C=O) groups is 2. The standard InChI is InChI=1S/C21H15F3N2O2/c1-2-5-13-16(20(28)15-7-4-3-6-14(15)19(13)27)10-12-8-9-26-17(11-25)18(12)21(22,23)24/h3-4,6-9H,2,5,10H2,1H3. The molecule has 2 aromatic rings. The Balaban J connectivity index is 2.18. The predicted molar refractivity (Wildman–Crippen MR) is 94.7 cm³/mol. The molecule has 0 N–H and O–H groups in total. The highest BCUT2D eigenvalue weighted by Gasteiger charge is 2.39. The fourth-order valence-electron chi connectivity index (χ4n) is 3.42. The van der Waals surface area contributed by atoms with Crippen LogP contribution >= 0.6 is 0 Å². The number of allylic oxidation sites excluding steroid dienone is 2. The van der Waals surface area contributed by atoms with Gasteiger partial charge in [-0.25, -0.2) is 4.98 Å². The number of Topliss-reactive ketones (excluding diaryl/α,β-unsaturated/α-hetero) is 2. The summed E-state index contributed by atoms with van der Waals surface area (Å²) in [5, 5.41) is 9.03. The van der Waals surface area contributed by atoms with Crippen molar-refractivity contribution in [3.63, 3.8) is 0 Å². The molecule has 0 aliphatic heterocycles. The molecule has 4 nitrogen and oxygen atoms in total. The minimum atomic E-state index is -4.81. The number of fused-ring (bicyclic) bond motifs is 1.